The van der Waals surface area contributed by atoms with Gasteiger partial charge in [0.15, 0.2) is 9.84 Å². The number of hydrogen-bond acceptors (Lipinski definition) is 5. The van der Waals surface area contributed by atoms with Gasteiger partial charge in [0.05, 0.1) is 4.90 Å². The van der Waals surface area contributed by atoms with E-state index in [0.29, 0.717) is 4.90 Å². The zero-order valence-electron chi connectivity index (χ0n) is 13.2. The summed E-state index contributed by atoms with van der Waals surface area (Å²) in [6, 6.07) is 8.01. The molecule has 0 aromatic heterocycles. The highest BCUT2D eigenvalue weighted by Crippen LogP contribution is 2.15. The maximum atomic E-state index is 11.5. The number of hydrogen-bond donors (Lipinski definition) is 1. The van der Waals surface area contributed by atoms with Crippen LogP contribution in [0.5, 0.6) is 0 Å². The summed E-state index contributed by atoms with van der Waals surface area (Å²) in [5.74, 6) is 0. The van der Waals surface area contributed by atoms with Gasteiger partial charge in [-0.2, -0.15) is 0 Å². The highest BCUT2D eigenvalue weighted by molar-refractivity contribution is 7.90. The van der Waals surface area contributed by atoms with Gasteiger partial charge in [-0.3, -0.25) is 9.80 Å². The van der Waals surface area contributed by atoms with Crippen molar-refractivity contribution >= 4 is 9.84 Å². The molecule has 0 amide bonds. The lowest BCUT2D eigenvalue weighted by Crippen LogP contribution is -2.50. The average Bonchev–Trinajstić information content (AvgIpc) is 3.02. The van der Waals surface area contributed by atoms with Gasteiger partial charge in [-0.25, -0.2) is 8.42 Å². The molecule has 5 nitrogen and oxygen atoms in total. The lowest BCUT2D eigenvalue weighted by atomic mass is 10.1. The molecule has 122 valence electrons. The maximum absolute atomic E-state index is 11.5. The third-order valence-electron chi connectivity index (χ3n) is 4.72. The molecule has 1 aromatic rings. The van der Waals surface area contributed by atoms with Gasteiger partial charge in [-0.15, -0.1) is 0 Å². The number of piperazine rings is 1. The van der Waals surface area contributed by atoms with Crippen LogP contribution in [0, 0.1) is 0 Å². The Morgan fingerprint density at radius 3 is 2.36 bits per heavy atom. The number of nitrogens with zero attached hydrogens (tertiary/aromatic N) is 2. The highest BCUT2D eigenvalue weighted by atomic mass is 32.2. The van der Waals surface area contributed by atoms with Crippen LogP contribution in [0.1, 0.15) is 12.0 Å². The first-order valence-electron chi connectivity index (χ1n) is 7.98. The summed E-state index contributed by atoms with van der Waals surface area (Å²) in [6.07, 6.45) is 2.52. The molecule has 2 fully saturated rings. The quantitative estimate of drug-likeness (QED) is 0.878. The Morgan fingerprint density at radius 2 is 1.82 bits per heavy atom. The van der Waals surface area contributed by atoms with E-state index in [4.69, 9.17) is 0 Å². The number of sulfone groups is 1. The van der Waals surface area contributed by atoms with E-state index in [1.165, 1.54) is 18.2 Å². The molecule has 0 bridgehead atoms. The molecular weight excluding hydrogens is 298 g/mol. The van der Waals surface area contributed by atoms with Crippen molar-refractivity contribution in [1.82, 2.24) is 15.1 Å². The van der Waals surface area contributed by atoms with E-state index >= 15 is 0 Å². The third kappa shape index (κ3) is 3.87. The summed E-state index contributed by atoms with van der Waals surface area (Å²) in [5, 5.41) is 3.43. The minimum absolute atomic E-state index is 0.398. The number of nitrogens with one attached hydrogen (secondary N) is 1. The molecule has 0 radical (unpaired) electrons. The fraction of sp³-hybridized carbons (Fsp3) is 0.625. The van der Waals surface area contributed by atoms with Gasteiger partial charge < -0.3 is 5.32 Å². The zero-order valence-corrected chi connectivity index (χ0v) is 14.0. The van der Waals surface area contributed by atoms with Gasteiger partial charge >= 0.3 is 0 Å². The molecular formula is C16H25N3O2S. The van der Waals surface area contributed by atoms with E-state index in [9.17, 15) is 8.42 Å². The molecule has 0 saturated carbocycles. The minimum Gasteiger partial charge on any atom is -0.315 e. The van der Waals surface area contributed by atoms with E-state index in [-0.39, 0.29) is 0 Å². The smallest absolute Gasteiger partial charge is 0.175 e. The maximum Gasteiger partial charge on any atom is 0.175 e. The first-order valence-corrected chi connectivity index (χ1v) is 9.87. The normalized spacial score (nSPS) is 24.7. The first kappa shape index (κ1) is 15.9. The third-order valence-corrected chi connectivity index (χ3v) is 5.84. The second-order valence-electron chi connectivity index (χ2n) is 6.37. The molecule has 2 saturated heterocycles. The summed E-state index contributed by atoms with van der Waals surface area (Å²) in [5.41, 5.74) is 1.18. The molecule has 6 heteroatoms. The average molecular weight is 323 g/mol. The van der Waals surface area contributed by atoms with Crippen LogP contribution < -0.4 is 5.32 Å². The van der Waals surface area contributed by atoms with E-state index in [0.717, 1.165) is 51.9 Å². The van der Waals surface area contributed by atoms with Crippen LogP contribution >= 0.6 is 0 Å². The van der Waals surface area contributed by atoms with E-state index in [2.05, 4.69) is 15.1 Å². The molecule has 22 heavy (non-hydrogen) atoms. The summed E-state index contributed by atoms with van der Waals surface area (Å²) in [4.78, 5) is 5.45. The molecule has 2 aliphatic heterocycles. The Hall–Kier alpha value is -0.950. The Labute approximate surface area is 133 Å². The van der Waals surface area contributed by atoms with Crippen LogP contribution in [-0.4, -0.2) is 69.8 Å². The first-order chi connectivity index (χ1) is 10.5. The van der Waals surface area contributed by atoms with Crippen molar-refractivity contribution in [2.24, 2.45) is 0 Å². The fourth-order valence-electron chi connectivity index (χ4n) is 3.34. The van der Waals surface area contributed by atoms with Gasteiger partial charge in [-0.05, 0) is 30.7 Å². The molecule has 0 spiro atoms. The molecule has 1 unspecified atom stereocenters. The predicted molar refractivity (Wildman–Crippen MR) is 87.7 cm³/mol. The minimum atomic E-state index is -3.10. The number of rotatable bonds is 4. The van der Waals surface area contributed by atoms with Gasteiger partial charge in [0.2, 0.25) is 0 Å². The monoisotopic (exact) mass is 323 g/mol. The van der Waals surface area contributed by atoms with Crippen LogP contribution in [0.4, 0.5) is 0 Å². The molecule has 1 atom stereocenters. The SMILES string of the molecule is CS(=O)(=O)c1ccc(CN2CCN(C3CCNC3)CC2)cc1. The Balaban J connectivity index is 1.52. The van der Waals surface area contributed by atoms with Crippen LogP contribution in [0.15, 0.2) is 29.2 Å². The van der Waals surface area contributed by atoms with Gasteiger partial charge in [0.25, 0.3) is 0 Å². The largest absolute Gasteiger partial charge is 0.315 e. The van der Waals surface area contributed by atoms with Crippen LogP contribution in [-0.2, 0) is 16.4 Å². The Bertz CT molecular complexity index is 586. The Morgan fingerprint density at radius 1 is 1.14 bits per heavy atom. The molecule has 1 aromatic carbocycles. The van der Waals surface area contributed by atoms with Crippen molar-refractivity contribution < 1.29 is 8.42 Å². The van der Waals surface area contributed by atoms with Gasteiger partial charge in [0, 0.05) is 51.6 Å². The second-order valence-corrected chi connectivity index (χ2v) is 8.39. The summed E-state index contributed by atoms with van der Waals surface area (Å²) < 4.78 is 23.0. The van der Waals surface area contributed by atoms with E-state index in [1.807, 2.05) is 12.1 Å². The second kappa shape index (κ2) is 6.66. The molecule has 1 N–H and O–H groups in total. The van der Waals surface area contributed by atoms with Crippen molar-refractivity contribution in [2.45, 2.75) is 23.9 Å². The lowest BCUT2D eigenvalue weighted by Gasteiger charge is -2.37. The van der Waals surface area contributed by atoms with E-state index in [1.54, 1.807) is 12.1 Å². The molecule has 3 rings (SSSR count). The summed E-state index contributed by atoms with van der Waals surface area (Å²) in [7, 11) is -3.10. The topological polar surface area (TPSA) is 52.7 Å². The van der Waals surface area contributed by atoms with E-state index < -0.39 is 9.84 Å². The molecule has 2 aliphatic rings. The van der Waals surface area contributed by atoms with Crippen molar-refractivity contribution in [2.75, 3.05) is 45.5 Å². The predicted octanol–water partition coefficient (Wildman–Crippen LogP) is 0.570. The van der Waals surface area contributed by atoms with Crippen LogP contribution in [0.2, 0.25) is 0 Å². The van der Waals surface area contributed by atoms with Crippen molar-refractivity contribution in [3.05, 3.63) is 29.8 Å². The van der Waals surface area contributed by atoms with Crippen molar-refractivity contribution in [3.63, 3.8) is 0 Å². The highest BCUT2D eigenvalue weighted by Gasteiger charge is 2.25. The van der Waals surface area contributed by atoms with Gasteiger partial charge in [-0.1, -0.05) is 12.1 Å². The van der Waals surface area contributed by atoms with Crippen LogP contribution in [0.25, 0.3) is 0 Å². The molecule has 0 aliphatic carbocycles. The molecule has 2 heterocycles. The number of benzene rings is 1. The van der Waals surface area contributed by atoms with Gasteiger partial charge in [0.1, 0.15) is 0 Å². The van der Waals surface area contributed by atoms with Crippen molar-refractivity contribution in [3.8, 4) is 0 Å². The summed E-state index contributed by atoms with van der Waals surface area (Å²) >= 11 is 0. The van der Waals surface area contributed by atoms with Crippen LogP contribution in [0.3, 0.4) is 0 Å². The fourth-order valence-corrected chi connectivity index (χ4v) is 3.97. The Kier molecular flexibility index (Phi) is 4.82. The standard InChI is InChI=1S/C16H25N3O2S/c1-22(20,21)16-4-2-14(3-5-16)13-18-8-10-19(11-9-18)15-6-7-17-12-15/h2-5,15,17H,6-13H2,1H3. The zero-order chi connectivity index (χ0) is 15.6. The lowest BCUT2D eigenvalue weighted by molar-refractivity contribution is 0.0981. The summed E-state index contributed by atoms with van der Waals surface area (Å²) in [6.45, 7) is 7.63. The van der Waals surface area contributed by atoms with Crippen molar-refractivity contribution in [1.29, 1.82) is 0 Å².